The lowest BCUT2D eigenvalue weighted by atomic mass is 10.2. The lowest BCUT2D eigenvalue weighted by molar-refractivity contribution is 0.0692. The first-order chi connectivity index (χ1) is 9.25. The van der Waals surface area contributed by atoms with Crippen molar-refractivity contribution < 1.29 is 22.7 Å². The van der Waals surface area contributed by atoms with Crippen LogP contribution in [0.2, 0.25) is 0 Å². The van der Waals surface area contributed by atoms with Crippen LogP contribution in [0.15, 0.2) is 23.1 Å². The number of benzene rings is 1. The number of sulfonamides is 1. The minimum atomic E-state index is -4.03. The first-order valence-corrected chi connectivity index (χ1v) is 7.70. The number of carboxylic acid groups (broad SMARTS) is 1. The van der Waals surface area contributed by atoms with E-state index in [-0.39, 0.29) is 12.0 Å². The van der Waals surface area contributed by atoms with Crippen LogP contribution in [-0.4, -0.2) is 36.9 Å². The van der Waals surface area contributed by atoms with Crippen molar-refractivity contribution in [2.75, 3.05) is 7.05 Å². The van der Waals surface area contributed by atoms with E-state index < -0.39 is 32.3 Å². The van der Waals surface area contributed by atoms with Gasteiger partial charge in [0.25, 0.3) is 0 Å². The van der Waals surface area contributed by atoms with Gasteiger partial charge in [0.1, 0.15) is 5.82 Å². The molecule has 0 aliphatic heterocycles. The largest absolute Gasteiger partial charge is 0.478 e. The van der Waals surface area contributed by atoms with E-state index in [1.165, 1.54) is 7.05 Å². The highest BCUT2D eigenvalue weighted by Crippen LogP contribution is 2.36. The third-order valence-electron chi connectivity index (χ3n) is 3.71. The molecule has 1 aliphatic carbocycles. The van der Waals surface area contributed by atoms with Crippen molar-refractivity contribution in [1.29, 1.82) is 0 Å². The normalized spacial score (nSPS) is 17.2. The quantitative estimate of drug-likeness (QED) is 0.902. The molecule has 7 heteroatoms. The molecule has 5 nitrogen and oxygen atoms in total. The van der Waals surface area contributed by atoms with Crippen LogP contribution in [0.25, 0.3) is 0 Å². The van der Waals surface area contributed by atoms with Crippen molar-refractivity contribution in [3.63, 3.8) is 0 Å². The second-order valence-corrected chi connectivity index (χ2v) is 7.01. The lowest BCUT2D eigenvalue weighted by Gasteiger charge is -2.24. The molecule has 0 saturated heterocycles. The number of hydrogen-bond donors (Lipinski definition) is 1. The molecule has 0 radical (unpaired) electrons. The molecule has 110 valence electrons. The van der Waals surface area contributed by atoms with Crippen LogP contribution in [0.3, 0.4) is 0 Å². The third-order valence-corrected chi connectivity index (χ3v) is 5.69. The molecule has 20 heavy (non-hydrogen) atoms. The van der Waals surface area contributed by atoms with Gasteiger partial charge in [-0.05, 0) is 43.9 Å². The maximum Gasteiger partial charge on any atom is 0.337 e. The van der Waals surface area contributed by atoms with E-state index in [1.807, 2.05) is 0 Å². The summed E-state index contributed by atoms with van der Waals surface area (Å²) in [5, 5.41) is 9.06. The zero-order chi connectivity index (χ0) is 15.1. The van der Waals surface area contributed by atoms with Gasteiger partial charge in [-0.15, -0.1) is 0 Å². The van der Waals surface area contributed by atoms with Crippen LogP contribution >= 0.6 is 0 Å². The predicted molar refractivity (Wildman–Crippen MR) is 70.5 cm³/mol. The Morgan fingerprint density at radius 3 is 2.55 bits per heavy atom. The maximum atomic E-state index is 13.3. The summed E-state index contributed by atoms with van der Waals surface area (Å²) in [5.74, 6) is -1.88. The van der Waals surface area contributed by atoms with E-state index in [0.717, 1.165) is 35.3 Å². The van der Waals surface area contributed by atoms with E-state index in [2.05, 4.69) is 0 Å². The van der Waals surface area contributed by atoms with Crippen LogP contribution in [0.5, 0.6) is 0 Å². The summed E-state index contributed by atoms with van der Waals surface area (Å²) in [6.07, 6.45) is 1.91. The molecule has 0 aromatic heterocycles. The van der Waals surface area contributed by atoms with Crippen LogP contribution in [-0.2, 0) is 10.0 Å². The van der Waals surface area contributed by atoms with Gasteiger partial charge in [-0.3, -0.25) is 0 Å². The first kappa shape index (κ1) is 14.9. The van der Waals surface area contributed by atoms with Gasteiger partial charge in [0, 0.05) is 13.1 Å². The lowest BCUT2D eigenvalue weighted by Crippen LogP contribution is -2.37. The van der Waals surface area contributed by atoms with E-state index in [0.29, 0.717) is 0 Å². The Morgan fingerprint density at radius 1 is 1.45 bits per heavy atom. The Labute approximate surface area is 117 Å². The second kappa shape index (κ2) is 5.14. The molecular weight excluding hydrogens is 285 g/mol. The van der Waals surface area contributed by atoms with Gasteiger partial charge in [-0.25, -0.2) is 17.6 Å². The summed E-state index contributed by atoms with van der Waals surface area (Å²) in [5.41, 5.74) is -0.416. The van der Waals surface area contributed by atoms with Gasteiger partial charge < -0.3 is 5.11 Å². The molecule has 0 bridgehead atoms. The van der Waals surface area contributed by atoms with Gasteiger partial charge in [0.2, 0.25) is 10.0 Å². The molecule has 2 rings (SSSR count). The average Bonchev–Trinajstić information content (AvgIpc) is 3.20. The Kier molecular flexibility index (Phi) is 3.84. The highest BCUT2D eigenvalue weighted by Gasteiger charge is 2.37. The summed E-state index contributed by atoms with van der Waals surface area (Å²) < 4.78 is 39.4. The van der Waals surface area contributed by atoms with Gasteiger partial charge in [0.15, 0.2) is 0 Å². The van der Waals surface area contributed by atoms with Crippen molar-refractivity contribution in [2.45, 2.75) is 30.7 Å². The minimum Gasteiger partial charge on any atom is -0.478 e. The van der Waals surface area contributed by atoms with Gasteiger partial charge in [-0.1, -0.05) is 0 Å². The van der Waals surface area contributed by atoms with Gasteiger partial charge >= 0.3 is 5.97 Å². The topological polar surface area (TPSA) is 74.7 Å². The van der Waals surface area contributed by atoms with Crippen LogP contribution in [0.4, 0.5) is 4.39 Å². The summed E-state index contributed by atoms with van der Waals surface area (Å²) in [4.78, 5) is 10.6. The maximum absolute atomic E-state index is 13.3. The van der Waals surface area contributed by atoms with Crippen molar-refractivity contribution in [3.8, 4) is 0 Å². The monoisotopic (exact) mass is 301 g/mol. The molecule has 1 atom stereocenters. The molecule has 0 amide bonds. The van der Waals surface area contributed by atoms with E-state index >= 15 is 0 Å². The standard InChI is InChI=1S/C13H16FNO4S/c1-8(9-3-4-9)15(2)20(18,19)12-7-10(14)5-6-11(12)13(16)17/h5-9H,3-4H2,1-2H3,(H,16,17). The number of carbonyl (C=O) groups is 1. The zero-order valence-electron chi connectivity index (χ0n) is 11.2. The summed E-state index contributed by atoms with van der Waals surface area (Å²) in [7, 11) is -2.63. The van der Waals surface area contributed by atoms with Crippen molar-refractivity contribution in [1.82, 2.24) is 4.31 Å². The van der Waals surface area contributed by atoms with Gasteiger partial charge in [-0.2, -0.15) is 4.31 Å². The fourth-order valence-electron chi connectivity index (χ4n) is 2.14. The van der Waals surface area contributed by atoms with Crippen molar-refractivity contribution >= 4 is 16.0 Å². The number of rotatable bonds is 5. The smallest absolute Gasteiger partial charge is 0.337 e. The third kappa shape index (κ3) is 2.69. The van der Waals surface area contributed by atoms with E-state index in [1.54, 1.807) is 6.92 Å². The minimum absolute atomic E-state index is 0.232. The summed E-state index contributed by atoms with van der Waals surface area (Å²) >= 11 is 0. The van der Waals surface area contributed by atoms with E-state index in [4.69, 9.17) is 5.11 Å². The molecule has 0 heterocycles. The molecule has 1 aromatic carbocycles. The second-order valence-electron chi connectivity index (χ2n) is 5.04. The van der Waals surface area contributed by atoms with Crippen LogP contribution in [0, 0.1) is 11.7 Å². The SMILES string of the molecule is CC(C1CC1)N(C)S(=O)(=O)c1cc(F)ccc1C(=O)O. The molecular formula is C13H16FNO4S. The summed E-state index contributed by atoms with van der Waals surface area (Å²) in [6, 6.07) is 2.44. The highest BCUT2D eigenvalue weighted by molar-refractivity contribution is 7.89. The number of hydrogen-bond acceptors (Lipinski definition) is 3. The van der Waals surface area contributed by atoms with E-state index in [9.17, 15) is 17.6 Å². The Hall–Kier alpha value is -1.47. The average molecular weight is 301 g/mol. The number of carboxylic acids is 1. The molecule has 1 unspecified atom stereocenters. The summed E-state index contributed by atoms with van der Waals surface area (Å²) in [6.45, 7) is 1.77. The van der Waals surface area contributed by atoms with Crippen molar-refractivity contribution in [3.05, 3.63) is 29.6 Å². The first-order valence-electron chi connectivity index (χ1n) is 6.26. The number of nitrogens with zero attached hydrogens (tertiary/aromatic N) is 1. The Bertz CT molecular complexity index is 640. The fourth-order valence-corrected chi connectivity index (χ4v) is 3.75. The predicted octanol–water partition coefficient (Wildman–Crippen LogP) is 1.94. The van der Waals surface area contributed by atoms with Crippen LogP contribution < -0.4 is 0 Å². The number of halogens is 1. The number of aromatic carboxylic acids is 1. The molecule has 1 saturated carbocycles. The molecule has 1 N–H and O–H groups in total. The fraction of sp³-hybridized carbons (Fsp3) is 0.462. The molecule has 1 aliphatic rings. The Morgan fingerprint density at radius 2 is 2.05 bits per heavy atom. The molecule has 0 spiro atoms. The highest BCUT2D eigenvalue weighted by atomic mass is 32.2. The van der Waals surface area contributed by atoms with Crippen LogP contribution in [0.1, 0.15) is 30.1 Å². The Balaban J connectivity index is 2.47. The molecule has 1 aromatic rings. The van der Waals surface area contributed by atoms with Gasteiger partial charge in [0.05, 0.1) is 10.5 Å². The zero-order valence-corrected chi connectivity index (χ0v) is 12.0. The van der Waals surface area contributed by atoms with Crippen molar-refractivity contribution in [2.24, 2.45) is 5.92 Å². The molecule has 1 fully saturated rings.